The molecule has 0 aliphatic heterocycles. The van der Waals surface area contributed by atoms with Crippen molar-refractivity contribution in [3.63, 3.8) is 0 Å². The van der Waals surface area contributed by atoms with E-state index in [2.05, 4.69) is 24.0 Å². The summed E-state index contributed by atoms with van der Waals surface area (Å²) < 4.78 is 0. The maximum Gasteiger partial charge on any atom is 0.284 e. The highest BCUT2D eigenvalue weighted by Crippen LogP contribution is 2.14. The quantitative estimate of drug-likeness (QED) is 0.841. The average molecular weight is 228 g/mol. The highest BCUT2D eigenvalue weighted by Gasteiger charge is 2.18. The third kappa shape index (κ3) is 3.16. The molecule has 0 aliphatic rings. The van der Waals surface area contributed by atoms with Crippen LogP contribution in [-0.4, -0.2) is 34.1 Å². The fraction of sp³-hybridized carbons (Fsp3) is 0.667. The Hall–Kier alpha value is -1.17. The molecule has 0 radical (unpaired) electrons. The zero-order valence-corrected chi connectivity index (χ0v) is 10.0. The van der Waals surface area contributed by atoms with Crippen LogP contribution < -0.4 is 5.73 Å². The molecule has 6 heteroatoms. The van der Waals surface area contributed by atoms with Crippen molar-refractivity contribution < 1.29 is 4.79 Å². The molecule has 1 aromatic rings. The van der Waals surface area contributed by atoms with Gasteiger partial charge in [-0.2, -0.15) is 0 Å². The summed E-state index contributed by atoms with van der Waals surface area (Å²) in [4.78, 5) is 13.7. The van der Waals surface area contributed by atoms with Gasteiger partial charge in [-0.3, -0.25) is 4.79 Å². The molecule has 0 spiro atoms. The van der Waals surface area contributed by atoms with Crippen molar-refractivity contribution >= 4 is 22.4 Å². The van der Waals surface area contributed by atoms with E-state index in [1.807, 2.05) is 6.92 Å². The molecule has 2 N–H and O–H groups in total. The molecule has 15 heavy (non-hydrogen) atoms. The van der Waals surface area contributed by atoms with E-state index in [1.165, 1.54) is 0 Å². The first-order valence-electron chi connectivity index (χ1n) is 4.92. The molecule has 84 valence electrons. The van der Waals surface area contributed by atoms with E-state index in [9.17, 15) is 4.79 Å². The summed E-state index contributed by atoms with van der Waals surface area (Å²) in [6.45, 7) is 7.50. The summed E-state index contributed by atoms with van der Waals surface area (Å²) in [5.74, 6) is 0.361. The number of nitrogen functional groups attached to an aromatic ring is 1. The summed E-state index contributed by atoms with van der Waals surface area (Å²) in [5.41, 5.74) is 5.43. The molecular weight excluding hydrogens is 212 g/mol. The second-order valence-electron chi connectivity index (χ2n) is 3.68. The highest BCUT2D eigenvalue weighted by molar-refractivity contribution is 7.16. The minimum Gasteiger partial charge on any atom is -0.374 e. The first-order chi connectivity index (χ1) is 7.04. The first kappa shape index (κ1) is 11.9. The summed E-state index contributed by atoms with van der Waals surface area (Å²) in [6.07, 6.45) is 0. The van der Waals surface area contributed by atoms with Crippen molar-refractivity contribution in [2.75, 3.05) is 18.8 Å². The Bertz CT molecular complexity index is 337. The number of hydrogen-bond donors (Lipinski definition) is 1. The highest BCUT2D eigenvalue weighted by atomic mass is 32.1. The van der Waals surface area contributed by atoms with Crippen molar-refractivity contribution in [3.05, 3.63) is 5.01 Å². The number of hydrogen-bond acceptors (Lipinski definition) is 5. The van der Waals surface area contributed by atoms with E-state index in [1.54, 1.807) is 4.90 Å². The van der Waals surface area contributed by atoms with Crippen molar-refractivity contribution in [2.45, 2.75) is 20.8 Å². The van der Waals surface area contributed by atoms with Crippen LogP contribution >= 0.6 is 11.3 Å². The molecule has 1 heterocycles. The molecule has 0 fully saturated rings. The van der Waals surface area contributed by atoms with Gasteiger partial charge in [0.05, 0.1) is 0 Å². The van der Waals surface area contributed by atoms with Gasteiger partial charge in [-0.25, -0.2) is 0 Å². The Kier molecular flexibility index (Phi) is 4.02. The van der Waals surface area contributed by atoms with Gasteiger partial charge >= 0.3 is 0 Å². The molecule has 0 unspecified atom stereocenters. The van der Waals surface area contributed by atoms with Gasteiger partial charge in [0.2, 0.25) is 10.1 Å². The number of nitrogens with zero attached hydrogens (tertiary/aromatic N) is 3. The number of amides is 1. The molecule has 0 bridgehead atoms. The van der Waals surface area contributed by atoms with Crippen LogP contribution in [0.2, 0.25) is 0 Å². The maximum atomic E-state index is 11.9. The monoisotopic (exact) mass is 228 g/mol. The van der Waals surface area contributed by atoms with Gasteiger partial charge in [0.15, 0.2) is 0 Å². The second kappa shape index (κ2) is 5.06. The smallest absolute Gasteiger partial charge is 0.284 e. The van der Waals surface area contributed by atoms with Crippen molar-refractivity contribution in [3.8, 4) is 0 Å². The van der Waals surface area contributed by atoms with Gasteiger partial charge in [-0.15, -0.1) is 10.2 Å². The van der Waals surface area contributed by atoms with E-state index < -0.39 is 0 Å². The van der Waals surface area contributed by atoms with E-state index >= 15 is 0 Å². The lowest BCUT2D eigenvalue weighted by Crippen LogP contribution is -2.33. The Morgan fingerprint density at radius 2 is 2.20 bits per heavy atom. The Morgan fingerprint density at radius 1 is 1.53 bits per heavy atom. The SMILES string of the molecule is CCN(CC(C)C)C(=O)c1nnc(N)s1. The Morgan fingerprint density at radius 3 is 2.60 bits per heavy atom. The summed E-state index contributed by atoms with van der Waals surface area (Å²) in [5, 5.41) is 8.08. The topological polar surface area (TPSA) is 72.1 Å². The van der Waals surface area contributed by atoms with Crippen LogP contribution in [0.25, 0.3) is 0 Å². The summed E-state index contributed by atoms with van der Waals surface area (Å²) >= 11 is 1.13. The minimum atomic E-state index is -0.0830. The van der Waals surface area contributed by atoms with Gasteiger partial charge in [-0.05, 0) is 12.8 Å². The number of nitrogens with two attached hydrogens (primary N) is 1. The largest absolute Gasteiger partial charge is 0.374 e. The Labute approximate surface area is 93.3 Å². The molecular formula is C9H16N4OS. The van der Waals surface area contributed by atoms with Gasteiger partial charge < -0.3 is 10.6 Å². The maximum absolute atomic E-state index is 11.9. The molecule has 0 atom stereocenters. The number of carbonyl (C=O) groups is 1. The molecule has 5 nitrogen and oxygen atoms in total. The van der Waals surface area contributed by atoms with Crippen molar-refractivity contribution in [1.82, 2.24) is 15.1 Å². The average Bonchev–Trinajstić information content (AvgIpc) is 2.60. The van der Waals surface area contributed by atoms with Crippen LogP contribution in [0.5, 0.6) is 0 Å². The van der Waals surface area contributed by atoms with Crippen LogP contribution in [0.4, 0.5) is 5.13 Å². The number of anilines is 1. The molecule has 0 aliphatic carbocycles. The van der Waals surface area contributed by atoms with Crippen LogP contribution in [0.3, 0.4) is 0 Å². The van der Waals surface area contributed by atoms with Crippen LogP contribution in [0.1, 0.15) is 30.6 Å². The number of aromatic nitrogens is 2. The van der Waals surface area contributed by atoms with E-state index in [0.29, 0.717) is 22.6 Å². The predicted molar refractivity (Wildman–Crippen MR) is 60.7 cm³/mol. The fourth-order valence-electron chi connectivity index (χ4n) is 1.25. The van der Waals surface area contributed by atoms with E-state index in [4.69, 9.17) is 5.73 Å². The van der Waals surface area contributed by atoms with Gasteiger partial charge in [0.25, 0.3) is 5.91 Å². The number of carbonyl (C=O) groups excluding carboxylic acids is 1. The van der Waals surface area contributed by atoms with Crippen LogP contribution in [0.15, 0.2) is 0 Å². The summed E-state index contributed by atoms with van der Waals surface area (Å²) in [7, 11) is 0. The fourth-order valence-corrected chi connectivity index (χ4v) is 1.83. The zero-order chi connectivity index (χ0) is 11.4. The van der Waals surface area contributed by atoms with E-state index in [0.717, 1.165) is 17.9 Å². The molecule has 0 saturated carbocycles. The van der Waals surface area contributed by atoms with Gasteiger partial charge in [0, 0.05) is 13.1 Å². The first-order valence-corrected chi connectivity index (χ1v) is 5.74. The summed E-state index contributed by atoms with van der Waals surface area (Å²) in [6, 6.07) is 0. The minimum absolute atomic E-state index is 0.0830. The lowest BCUT2D eigenvalue weighted by atomic mass is 10.2. The molecule has 1 aromatic heterocycles. The van der Waals surface area contributed by atoms with Gasteiger partial charge in [-0.1, -0.05) is 25.2 Å². The molecule has 1 rings (SSSR count). The number of rotatable bonds is 4. The van der Waals surface area contributed by atoms with Gasteiger partial charge in [0.1, 0.15) is 0 Å². The lowest BCUT2D eigenvalue weighted by Gasteiger charge is -2.21. The van der Waals surface area contributed by atoms with E-state index in [-0.39, 0.29) is 5.91 Å². The lowest BCUT2D eigenvalue weighted by molar-refractivity contribution is 0.0744. The molecule has 1 amide bonds. The van der Waals surface area contributed by atoms with Crippen molar-refractivity contribution in [2.24, 2.45) is 5.92 Å². The third-order valence-corrected chi connectivity index (χ3v) is 2.62. The third-order valence-electron chi connectivity index (χ3n) is 1.88. The normalized spacial score (nSPS) is 10.7. The van der Waals surface area contributed by atoms with Crippen LogP contribution in [0, 0.1) is 5.92 Å². The standard InChI is InChI=1S/C9H16N4OS/c1-4-13(5-6(2)3)8(14)7-11-12-9(10)15-7/h6H,4-5H2,1-3H3,(H2,10,12). The zero-order valence-electron chi connectivity index (χ0n) is 9.23. The molecule has 0 aromatic carbocycles. The van der Waals surface area contributed by atoms with Crippen LogP contribution in [-0.2, 0) is 0 Å². The van der Waals surface area contributed by atoms with Crippen molar-refractivity contribution in [1.29, 1.82) is 0 Å². The molecule has 0 saturated heterocycles. The predicted octanol–water partition coefficient (Wildman–Crippen LogP) is 1.24. The Balaban J connectivity index is 2.73. The second-order valence-corrected chi connectivity index (χ2v) is 4.69.